The second kappa shape index (κ2) is 6.56. The van der Waals surface area contributed by atoms with Gasteiger partial charge in [0.1, 0.15) is 0 Å². The van der Waals surface area contributed by atoms with E-state index in [-0.39, 0.29) is 0 Å². The molecule has 1 heterocycles. The standard InChI is InChI=1S/C13H14BrClN4S/c1-3-19-7-12(8(2)18-19)17-13(20)16-11-5-4-9(14)6-10(11)15/h4-7H,3H2,1-2H3,(H2,16,17,20). The lowest BCUT2D eigenvalue weighted by molar-refractivity contribution is 0.653. The molecule has 4 nitrogen and oxygen atoms in total. The summed E-state index contributed by atoms with van der Waals surface area (Å²) in [6.07, 6.45) is 1.92. The van der Waals surface area contributed by atoms with Gasteiger partial charge in [-0.1, -0.05) is 27.5 Å². The Kier molecular flexibility index (Phi) is 5.01. The van der Waals surface area contributed by atoms with Crippen LogP contribution in [0.4, 0.5) is 11.4 Å². The Hall–Kier alpha value is -1.11. The number of hydrogen-bond donors (Lipinski definition) is 2. The molecule has 0 aliphatic carbocycles. The van der Waals surface area contributed by atoms with Crippen molar-refractivity contribution in [3.63, 3.8) is 0 Å². The first kappa shape index (κ1) is 15.3. The highest BCUT2D eigenvalue weighted by molar-refractivity contribution is 9.10. The quantitative estimate of drug-likeness (QED) is 0.781. The van der Waals surface area contributed by atoms with E-state index in [0.717, 1.165) is 28.1 Å². The molecule has 0 bridgehead atoms. The molecule has 106 valence electrons. The second-order valence-electron chi connectivity index (χ2n) is 4.19. The number of aryl methyl sites for hydroxylation is 2. The van der Waals surface area contributed by atoms with E-state index in [9.17, 15) is 0 Å². The highest BCUT2D eigenvalue weighted by atomic mass is 79.9. The maximum atomic E-state index is 6.14. The van der Waals surface area contributed by atoms with Crippen molar-refractivity contribution in [1.82, 2.24) is 9.78 Å². The van der Waals surface area contributed by atoms with E-state index in [2.05, 4.69) is 31.7 Å². The lowest BCUT2D eigenvalue weighted by atomic mass is 10.3. The zero-order valence-corrected chi connectivity index (χ0v) is 14.2. The van der Waals surface area contributed by atoms with Gasteiger partial charge < -0.3 is 10.6 Å². The van der Waals surface area contributed by atoms with Crippen molar-refractivity contribution < 1.29 is 0 Å². The molecule has 7 heteroatoms. The molecule has 1 aromatic carbocycles. The highest BCUT2D eigenvalue weighted by Gasteiger charge is 2.07. The largest absolute Gasteiger partial charge is 0.331 e. The van der Waals surface area contributed by atoms with Crippen molar-refractivity contribution in [3.05, 3.63) is 39.6 Å². The van der Waals surface area contributed by atoms with Crippen molar-refractivity contribution >= 4 is 56.2 Å². The van der Waals surface area contributed by atoms with Crippen molar-refractivity contribution in [1.29, 1.82) is 0 Å². The number of thiocarbonyl (C=S) groups is 1. The van der Waals surface area contributed by atoms with Crippen LogP contribution in [0.3, 0.4) is 0 Å². The zero-order chi connectivity index (χ0) is 14.7. The van der Waals surface area contributed by atoms with E-state index < -0.39 is 0 Å². The minimum absolute atomic E-state index is 0.480. The summed E-state index contributed by atoms with van der Waals surface area (Å²) in [5.74, 6) is 0. The Morgan fingerprint density at radius 1 is 1.40 bits per heavy atom. The molecule has 20 heavy (non-hydrogen) atoms. The molecular weight excluding hydrogens is 360 g/mol. The number of halogens is 2. The number of nitrogens with zero attached hydrogens (tertiary/aromatic N) is 2. The Balaban J connectivity index is 2.06. The number of anilines is 2. The molecule has 0 atom stereocenters. The fraction of sp³-hybridized carbons (Fsp3) is 0.231. The molecule has 0 radical (unpaired) electrons. The van der Waals surface area contributed by atoms with Gasteiger partial charge in [-0.3, -0.25) is 4.68 Å². The van der Waals surface area contributed by atoms with E-state index in [1.807, 2.05) is 42.9 Å². The molecule has 0 saturated carbocycles. The average molecular weight is 374 g/mol. The summed E-state index contributed by atoms with van der Waals surface area (Å²) < 4.78 is 2.78. The second-order valence-corrected chi connectivity index (χ2v) is 5.92. The Morgan fingerprint density at radius 2 is 2.10 bits per heavy atom. The van der Waals surface area contributed by atoms with Crippen molar-refractivity contribution in [2.45, 2.75) is 20.4 Å². The molecule has 2 N–H and O–H groups in total. The third-order valence-corrected chi connectivity index (χ3v) is 3.71. The number of nitrogens with one attached hydrogen (secondary N) is 2. The fourth-order valence-electron chi connectivity index (χ4n) is 1.67. The van der Waals surface area contributed by atoms with Crippen molar-refractivity contribution in [3.8, 4) is 0 Å². The van der Waals surface area contributed by atoms with Gasteiger partial charge in [0, 0.05) is 17.2 Å². The molecule has 2 aromatic rings. The zero-order valence-electron chi connectivity index (χ0n) is 11.1. The molecule has 1 aromatic heterocycles. The van der Waals surface area contributed by atoms with Crippen LogP contribution in [0.15, 0.2) is 28.9 Å². The topological polar surface area (TPSA) is 41.9 Å². The van der Waals surface area contributed by atoms with E-state index in [1.165, 1.54) is 0 Å². The predicted octanol–water partition coefficient (Wildman–Crippen LogP) is 4.44. The smallest absolute Gasteiger partial charge is 0.175 e. The third kappa shape index (κ3) is 3.71. The van der Waals surface area contributed by atoms with Gasteiger partial charge in [0.25, 0.3) is 0 Å². The van der Waals surface area contributed by atoms with E-state index in [0.29, 0.717) is 10.1 Å². The van der Waals surface area contributed by atoms with Gasteiger partial charge in [0.05, 0.1) is 22.1 Å². The fourth-order valence-corrected chi connectivity index (χ4v) is 2.61. The summed E-state index contributed by atoms with van der Waals surface area (Å²) >= 11 is 14.8. The molecule has 0 fully saturated rings. The normalized spacial score (nSPS) is 10.4. The number of hydrogen-bond acceptors (Lipinski definition) is 2. The SMILES string of the molecule is CCn1cc(NC(=S)Nc2ccc(Br)cc2Cl)c(C)n1. The summed E-state index contributed by atoms with van der Waals surface area (Å²) in [7, 11) is 0. The number of rotatable bonds is 3. The van der Waals surface area contributed by atoms with Gasteiger partial charge in [-0.05, 0) is 44.3 Å². The summed E-state index contributed by atoms with van der Waals surface area (Å²) in [6.45, 7) is 4.79. The molecule has 0 spiro atoms. The van der Waals surface area contributed by atoms with Crippen molar-refractivity contribution in [2.24, 2.45) is 0 Å². The predicted molar refractivity (Wildman–Crippen MR) is 91.6 cm³/mol. The number of aromatic nitrogens is 2. The maximum Gasteiger partial charge on any atom is 0.175 e. The van der Waals surface area contributed by atoms with Gasteiger partial charge in [0.15, 0.2) is 5.11 Å². The van der Waals surface area contributed by atoms with Crippen LogP contribution < -0.4 is 10.6 Å². The van der Waals surface area contributed by atoms with Gasteiger partial charge >= 0.3 is 0 Å². The van der Waals surface area contributed by atoms with E-state index in [1.54, 1.807) is 0 Å². The average Bonchev–Trinajstić information content (AvgIpc) is 2.74. The maximum absolute atomic E-state index is 6.14. The van der Waals surface area contributed by atoms with E-state index in [4.69, 9.17) is 23.8 Å². The lowest BCUT2D eigenvalue weighted by Crippen LogP contribution is -2.19. The number of benzene rings is 1. The first-order valence-corrected chi connectivity index (χ1v) is 7.64. The molecule has 0 unspecified atom stereocenters. The van der Waals surface area contributed by atoms with Crippen LogP contribution in [0, 0.1) is 6.92 Å². The molecule has 0 aliphatic heterocycles. The first-order chi connectivity index (χ1) is 9.49. The van der Waals surface area contributed by atoms with Crippen molar-refractivity contribution in [2.75, 3.05) is 10.6 Å². The summed E-state index contributed by atoms with van der Waals surface area (Å²) in [6, 6.07) is 5.58. The van der Waals surface area contributed by atoms with Crippen LogP contribution in [-0.4, -0.2) is 14.9 Å². The molecule has 2 rings (SSSR count). The van der Waals surface area contributed by atoms with Gasteiger partial charge in [-0.15, -0.1) is 0 Å². The van der Waals surface area contributed by atoms with Crippen LogP contribution in [0.1, 0.15) is 12.6 Å². The first-order valence-electron chi connectivity index (χ1n) is 6.06. The summed E-state index contributed by atoms with van der Waals surface area (Å²) in [4.78, 5) is 0. The van der Waals surface area contributed by atoms with Crippen LogP contribution in [0.25, 0.3) is 0 Å². The Bertz CT molecular complexity index is 641. The van der Waals surface area contributed by atoms with E-state index >= 15 is 0 Å². The molecule has 0 amide bonds. The highest BCUT2D eigenvalue weighted by Crippen LogP contribution is 2.25. The third-order valence-electron chi connectivity index (χ3n) is 2.70. The summed E-state index contributed by atoms with van der Waals surface area (Å²) in [5.41, 5.74) is 2.54. The monoisotopic (exact) mass is 372 g/mol. The molecular formula is C13H14BrClN4S. The van der Waals surface area contributed by atoms with Crippen LogP contribution in [-0.2, 0) is 6.54 Å². The lowest BCUT2D eigenvalue weighted by Gasteiger charge is -2.11. The van der Waals surface area contributed by atoms with Crippen LogP contribution >= 0.6 is 39.7 Å². The minimum atomic E-state index is 0.480. The molecule has 0 aliphatic rings. The van der Waals surface area contributed by atoms with Crippen LogP contribution in [0.5, 0.6) is 0 Å². The minimum Gasteiger partial charge on any atom is -0.331 e. The van der Waals surface area contributed by atoms with Gasteiger partial charge in [-0.25, -0.2) is 0 Å². The Morgan fingerprint density at radius 3 is 2.70 bits per heavy atom. The van der Waals surface area contributed by atoms with Gasteiger partial charge in [-0.2, -0.15) is 5.10 Å². The Labute approximate surface area is 136 Å². The summed E-state index contributed by atoms with van der Waals surface area (Å²) in [5, 5.41) is 11.6. The van der Waals surface area contributed by atoms with Gasteiger partial charge in [0.2, 0.25) is 0 Å². The molecule has 0 saturated heterocycles. The van der Waals surface area contributed by atoms with Crippen LogP contribution in [0.2, 0.25) is 5.02 Å².